The summed E-state index contributed by atoms with van der Waals surface area (Å²) in [7, 11) is 4.60. The normalized spacial score (nSPS) is 10.2. The number of hydrogen-bond acceptors (Lipinski definition) is 6. The van der Waals surface area contributed by atoms with Crippen molar-refractivity contribution in [3.63, 3.8) is 0 Å². The largest absolute Gasteiger partial charge is 0.493 e. The van der Waals surface area contributed by atoms with E-state index in [-0.39, 0.29) is 10.3 Å². The molecule has 1 aromatic carbocycles. The second-order valence-electron chi connectivity index (χ2n) is 4.16. The van der Waals surface area contributed by atoms with Gasteiger partial charge in [0, 0.05) is 6.42 Å². The van der Waals surface area contributed by atoms with Crippen molar-refractivity contribution in [1.29, 1.82) is 0 Å². The highest BCUT2D eigenvalue weighted by atomic mass is 32.1. The number of nitrogens with one attached hydrogen (secondary N) is 2. The fraction of sp³-hybridized carbons (Fsp3) is 0.308. The van der Waals surface area contributed by atoms with Crippen molar-refractivity contribution in [3.05, 3.63) is 38.5 Å². The van der Waals surface area contributed by atoms with Crippen LogP contribution in [-0.2, 0) is 6.42 Å². The van der Waals surface area contributed by atoms with E-state index in [0.717, 1.165) is 5.56 Å². The van der Waals surface area contributed by atoms with Gasteiger partial charge in [0.2, 0.25) is 5.75 Å². The maximum absolute atomic E-state index is 11.8. The second kappa shape index (κ2) is 6.40. The number of hydrogen-bond donors (Lipinski definition) is 2. The van der Waals surface area contributed by atoms with Crippen LogP contribution in [0.3, 0.4) is 0 Å². The Morgan fingerprint density at radius 2 is 1.76 bits per heavy atom. The smallest absolute Gasteiger partial charge is 0.273 e. The van der Waals surface area contributed by atoms with E-state index in [0.29, 0.717) is 29.4 Å². The molecule has 1 heterocycles. The summed E-state index contributed by atoms with van der Waals surface area (Å²) in [5.74, 6) is 1.54. The van der Waals surface area contributed by atoms with Crippen LogP contribution in [-0.4, -0.2) is 36.5 Å². The molecule has 0 saturated carbocycles. The van der Waals surface area contributed by atoms with Crippen LogP contribution in [0.25, 0.3) is 0 Å². The third-order valence-corrected chi connectivity index (χ3v) is 3.07. The maximum Gasteiger partial charge on any atom is 0.273 e. The molecule has 2 N–H and O–H groups in total. The Labute approximate surface area is 125 Å². The fourth-order valence-corrected chi connectivity index (χ4v) is 2.06. The van der Waals surface area contributed by atoms with E-state index in [9.17, 15) is 4.79 Å². The van der Waals surface area contributed by atoms with E-state index in [4.69, 9.17) is 26.4 Å². The molecule has 21 heavy (non-hydrogen) atoms. The summed E-state index contributed by atoms with van der Waals surface area (Å²) in [5, 5.41) is 6.50. The molecule has 0 bridgehead atoms. The summed E-state index contributed by atoms with van der Waals surface area (Å²) >= 11 is 4.81. The molecule has 0 spiro atoms. The van der Waals surface area contributed by atoms with E-state index in [2.05, 4.69) is 15.2 Å². The molecule has 0 radical (unpaired) electrons. The third-order valence-electron chi connectivity index (χ3n) is 2.88. The van der Waals surface area contributed by atoms with Crippen molar-refractivity contribution >= 4 is 12.2 Å². The number of methoxy groups -OCH3 is 3. The summed E-state index contributed by atoms with van der Waals surface area (Å²) in [5.41, 5.74) is 0.790. The van der Waals surface area contributed by atoms with Crippen LogP contribution in [0, 0.1) is 4.77 Å². The van der Waals surface area contributed by atoms with Crippen molar-refractivity contribution in [2.24, 2.45) is 0 Å². The molecular weight excluding hydrogens is 294 g/mol. The van der Waals surface area contributed by atoms with Crippen molar-refractivity contribution in [3.8, 4) is 17.2 Å². The van der Waals surface area contributed by atoms with Crippen molar-refractivity contribution in [2.45, 2.75) is 6.42 Å². The zero-order valence-corrected chi connectivity index (χ0v) is 12.7. The predicted octanol–water partition coefficient (Wildman–Crippen LogP) is 1.44. The molecule has 7 nitrogen and oxygen atoms in total. The first-order chi connectivity index (χ1) is 10.1. The van der Waals surface area contributed by atoms with Gasteiger partial charge in [0.15, 0.2) is 16.3 Å². The van der Waals surface area contributed by atoms with E-state index in [1.54, 1.807) is 12.1 Å². The summed E-state index contributed by atoms with van der Waals surface area (Å²) in [6.07, 6.45) is 0.304. The molecule has 0 amide bonds. The Morgan fingerprint density at radius 3 is 2.24 bits per heavy atom. The van der Waals surface area contributed by atoms with Crippen molar-refractivity contribution in [1.82, 2.24) is 15.2 Å². The lowest BCUT2D eigenvalue weighted by Crippen LogP contribution is -2.17. The Bertz CT molecular complexity index is 729. The summed E-state index contributed by atoms with van der Waals surface area (Å²) in [4.78, 5) is 14.3. The number of aromatic amines is 2. The Kier molecular flexibility index (Phi) is 4.59. The highest BCUT2D eigenvalue weighted by Gasteiger charge is 2.14. The Balaban J connectivity index is 2.44. The maximum atomic E-state index is 11.8. The predicted molar refractivity (Wildman–Crippen MR) is 78.9 cm³/mol. The molecule has 0 aliphatic heterocycles. The van der Waals surface area contributed by atoms with Gasteiger partial charge in [-0.1, -0.05) is 0 Å². The van der Waals surface area contributed by atoms with Crippen LogP contribution in [0.15, 0.2) is 16.9 Å². The van der Waals surface area contributed by atoms with E-state index >= 15 is 0 Å². The molecule has 2 rings (SSSR count). The highest BCUT2D eigenvalue weighted by molar-refractivity contribution is 7.71. The van der Waals surface area contributed by atoms with Gasteiger partial charge in [-0.3, -0.25) is 14.9 Å². The second-order valence-corrected chi connectivity index (χ2v) is 4.57. The van der Waals surface area contributed by atoms with Gasteiger partial charge in [0.1, 0.15) is 5.69 Å². The zero-order valence-electron chi connectivity index (χ0n) is 11.9. The van der Waals surface area contributed by atoms with E-state index in [1.165, 1.54) is 21.3 Å². The van der Waals surface area contributed by atoms with Gasteiger partial charge in [-0.05, 0) is 29.9 Å². The zero-order chi connectivity index (χ0) is 15.4. The number of benzene rings is 1. The lowest BCUT2D eigenvalue weighted by molar-refractivity contribution is 0.324. The molecule has 0 aliphatic carbocycles. The number of ether oxygens (including phenoxy) is 3. The number of aromatic nitrogens is 3. The molecule has 2 aromatic rings. The van der Waals surface area contributed by atoms with Crippen molar-refractivity contribution < 1.29 is 14.2 Å². The number of rotatable bonds is 5. The first-order valence-corrected chi connectivity index (χ1v) is 6.46. The van der Waals surface area contributed by atoms with E-state index < -0.39 is 0 Å². The minimum absolute atomic E-state index is 0.189. The SMILES string of the molecule is COc1cc(Cc2n[nH]c(=S)[nH]c2=O)cc(OC)c1OC. The Morgan fingerprint density at radius 1 is 1.14 bits per heavy atom. The van der Waals surface area contributed by atoms with Crippen molar-refractivity contribution in [2.75, 3.05) is 21.3 Å². The summed E-state index contributed by atoms with van der Waals surface area (Å²) in [6, 6.07) is 3.54. The lowest BCUT2D eigenvalue weighted by Gasteiger charge is -2.13. The molecular formula is C13H15N3O4S. The minimum Gasteiger partial charge on any atom is -0.493 e. The first-order valence-electron chi connectivity index (χ1n) is 6.05. The van der Waals surface area contributed by atoms with Crippen LogP contribution in [0.5, 0.6) is 17.2 Å². The van der Waals surface area contributed by atoms with Gasteiger partial charge in [0.25, 0.3) is 5.56 Å². The topological polar surface area (TPSA) is 89.2 Å². The molecule has 1 aromatic heterocycles. The average molecular weight is 309 g/mol. The third kappa shape index (κ3) is 3.22. The lowest BCUT2D eigenvalue weighted by atomic mass is 10.1. The molecule has 0 aliphatic rings. The minimum atomic E-state index is -0.326. The van der Waals surface area contributed by atoms with Gasteiger partial charge < -0.3 is 14.2 Å². The standard InChI is InChI=1S/C13H15N3O4S/c1-18-9-5-7(6-10(19-2)11(9)20-3)4-8-12(17)14-13(21)16-15-8/h5-6H,4H2,1-3H3,(H2,14,16,17,21). The number of H-pyrrole nitrogens is 2. The van der Waals surface area contributed by atoms with Crippen LogP contribution in [0.4, 0.5) is 0 Å². The van der Waals surface area contributed by atoms with Gasteiger partial charge in [0.05, 0.1) is 21.3 Å². The Hall–Kier alpha value is -2.35. The van der Waals surface area contributed by atoms with Gasteiger partial charge in [-0.25, -0.2) is 0 Å². The van der Waals surface area contributed by atoms with Gasteiger partial charge in [-0.15, -0.1) is 0 Å². The number of nitrogens with zero attached hydrogens (tertiary/aromatic N) is 1. The summed E-state index contributed by atoms with van der Waals surface area (Å²) < 4.78 is 16.0. The van der Waals surface area contributed by atoms with Crippen LogP contribution >= 0.6 is 12.2 Å². The van der Waals surface area contributed by atoms with Crippen LogP contribution in [0.1, 0.15) is 11.3 Å². The molecule has 8 heteroatoms. The molecule has 0 saturated heterocycles. The van der Waals surface area contributed by atoms with Gasteiger partial charge in [-0.2, -0.15) is 5.10 Å². The molecule has 0 atom stereocenters. The molecule has 112 valence electrons. The molecule has 0 unspecified atom stereocenters. The molecule has 0 fully saturated rings. The quantitative estimate of drug-likeness (QED) is 0.813. The summed E-state index contributed by atoms with van der Waals surface area (Å²) in [6.45, 7) is 0. The van der Waals surface area contributed by atoms with Gasteiger partial charge >= 0.3 is 0 Å². The first kappa shape index (κ1) is 15.0. The average Bonchev–Trinajstić information content (AvgIpc) is 2.49. The van der Waals surface area contributed by atoms with Crippen LogP contribution < -0.4 is 19.8 Å². The highest BCUT2D eigenvalue weighted by Crippen LogP contribution is 2.38. The van der Waals surface area contributed by atoms with Crippen LogP contribution in [0.2, 0.25) is 0 Å². The monoisotopic (exact) mass is 309 g/mol. The fourth-order valence-electron chi connectivity index (χ4n) is 1.92. The van der Waals surface area contributed by atoms with E-state index in [1.807, 2.05) is 0 Å².